The minimum atomic E-state index is -3.04. The molecule has 1 saturated carbocycles. The lowest BCUT2D eigenvalue weighted by molar-refractivity contribution is 0.0912. The lowest BCUT2D eigenvalue weighted by atomic mass is 9.93. The van der Waals surface area contributed by atoms with Crippen LogP contribution in [0.5, 0.6) is 0 Å². The van der Waals surface area contributed by atoms with Crippen LogP contribution in [-0.4, -0.2) is 42.8 Å². The molecule has 1 atom stereocenters. The number of sulfonamides is 1. The number of nitrogens with zero attached hydrogens (tertiary/aromatic N) is 1. The molecule has 1 N–H and O–H groups in total. The molecule has 0 radical (unpaired) electrons. The summed E-state index contributed by atoms with van der Waals surface area (Å²) in [6.45, 7) is 2.97. The molecular formula is C12H23NO3S. The zero-order valence-corrected chi connectivity index (χ0v) is 11.3. The third-order valence-electron chi connectivity index (χ3n) is 4.06. The molecule has 2 fully saturated rings. The normalized spacial score (nSPS) is 26.0. The second kappa shape index (κ2) is 5.24. The first-order valence-electron chi connectivity index (χ1n) is 6.65. The molecule has 5 heteroatoms. The molecule has 1 aliphatic carbocycles. The number of aliphatic hydroxyl groups excluding tert-OH is 1. The molecule has 1 unspecified atom stereocenters. The fourth-order valence-electron chi connectivity index (χ4n) is 2.49. The molecule has 4 nitrogen and oxygen atoms in total. The van der Waals surface area contributed by atoms with E-state index in [4.69, 9.17) is 0 Å². The molecule has 0 aromatic rings. The first-order chi connectivity index (χ1) is 7.99. The van der Waals surface area contributed by atoms with Gasteiger partial charge in [-0.25, -0.2) is 12.7 Å². The van der Waals surface area contributed by atoms with Gasteiger partial charge >= 0.3 is 0 Å². The molecule has 0 bridgehead atoms. The van der Waals surface area contributed by atoms with Gasteiger partial charge in [0.1, 0.15) is 0 Å². The molecule has 0 spiro atoms. The van der Waals surface area contributed by atoms with Gasteiger partial charge in [0.05, 0.1) is 11.9 Å². The predicted octanol–water partition coefficient (Wildman–Crippen LogP) is 1.21. The highest BCUT2D eigenvalue weighted by atomic mass is 32.2. The molecule has 0 aromatic heterocycles. The van der Waals surface area contributed by atoms with Gasteiger partial charge in [0.2, 0.25) is 10.0 Å². The lowest BCUT2D eigenvalue weighted by Crippen LogP contribution is -2.41. The summed E-state index contributed by atoms with van der Waals surface area (Å²) in [6.07, 6.45) is 4.52. The zero-order valence-electron chi connectivity index (χ0n) is 10.5. The van der Waals surface area contributed by atoms with Crippen molar-refractivity contribution in [2.45, 2.75) is 45.1 Å². The highest BCUT2D eigenvalue weighted by molar-refractivity contribution is 7.89. The van der Waals surface area contributed by atoms with Crippen molar-refractivity contribution in [3.05, 3.63) is 0 Å². The van der Waals surface area contributed by atoms with Gasteiger partial charge in [-0.1, -0.05) is 12.8 Å². The highest BCUT2D eigenvalue weighted by Crippen LogP contribution is 2.33. The summed E-state index contributed by atoms with van der Waals surface area (Å²) in [7, 11) is -3.04. The standard InChI is InChI=1S/C12H23NO3S/c1-10(14)12-4-7-13(8-5-12)17(15,16)9-6-11-2-3-11/h10-12,14H,2-9H2,1H3. The van der Waals surface area contributed by atoms with Crippen molar-refractivity contribution in [3.63, 3.8) is 0 Å². The third-order valence-corrected chi connectivity index (χ3v) is 5.96. The molecule has 1 heterocycles. The van der Waals surface area contributed by atoms with Crippen molar-refractivity contribution in [1.82, 2.24) is 4.31 Å². The Kier molecular flexibility index (Phi) is 4.10. The van der Waals surface area contributed by atoms with Crippen LogP contribution in [0.15, 0.2) is 0 Å². The summed E-state index contributed by atoms with van der Waals surface area (Å²) in [5.74, 6) is 1.25. The van der Waals surface area contributed by atoms with E-state index in [1.165, 1.54) is 12.8 Å². The van der Waals surface area contributed by atoms with Gasteiger partial charge in [0, 0.05) is 13.1 Å². The van der Waals surface area contributed by atoms with Gasteiger partial charge in [-0.2, -0.15) is 0 Å². The highest BCUT2D eigenvalue weighted by Gasteiger charge is 2.31. The Morgan fingerprint density at radius 3 is 2.29 bits per heavy atom. The van der Waals surface area contributed by atoms with Crippen molar-refractivity contribution in [2.75, 3.05) is 18.8 Å². The molecule has 1 aliphatic heterocycles. The maximum Gasteiger partial charge on any atom is 0.214 e. The van der Waals surface area contributed by atoms with E-state index < -0.39 is 10.0 Å². The molecule has 0 aromatic carbocycles. The summed E-state index contributed by atoms with van der Waals surface area (Å²) < 4.78 is 25.7. The predicted molar refractivity (Wildman–Crippen MR) is 67.1 cm³/mol. The van der Waals surface area contributed by atoms with Crippen LogP contribution >= 0.6 is 0 Å². The molecule has 0 amide bonds. The SMILES string of the molecule is CC(O)C1CCN(S(=O)(=O)CCC2CC2)CC1. The van der Waals surface area contributed by atoms with Crippen LogP contribution in [0.2, 0.25) is 0 Å². The van der Waals surface area contributed by atoms with Crippen LogP contribution in [0.3, 0.4) is 0 Å². The van der Waals surface area contributed by atoms with Crippen molar-refractivity contribution in [3.8, 4) is 0 Å². The Morgan fingerprint density at radius 2 is 1.82 bits per heavy atom. The first kappa shape index (κ1) is 13.3. The van der Waals surface area contributed by atoms with E-state index >= 15 is 0 Å². The van der Waals surface area contributed by atoms with Crippen LogP contribution in [0.25, 0.3) is 0 Å². The quantitative estimate of drug-likeness (QED) is 0.809. The van der Waals surface area contributed by atoms with E-state index in [1.54, 1.807) is 11.2 Å². The van der Waals surface area contributed by atoms with Gasteiger partial charge in [-0.15, -0.1) is 0 Å². The largest absolute Gasteiger partial charge is 0.393 e. The lowest BCUT2D eigenvalue weighted by Gasteiger charge is -2.32. The number of hydrogen-bond acceptors (Lipinski definition) is 3. The number of rotatable bonds is 5. The van der Waals surface area contributed by atoms with Crippen molar-refractivity contribution >= 4 is 10.0 Å². The van der Waals surface area contributed by atoms with E-state index in [9.17, 15) is 13.5 Å². The Hall–Kier alpha value is -0.130. The van der Waals surface area contributed by atoms with E-state index in [1.807, 2.05) is 0 Å². The van der Waals surface area contributed by atoms with Crippen molar-refractivity contribution in [2.24, 2.45) is 11.8 Å². The van der Waals surface area contributed by atoms with Crippen LogP contribution < -0.4 is 0 Å². The molecule has 2 rings (SSSR count). The zero-order chi connectivity index (χ0) is 12.5. The number of aliphatic hydroxyl groups is 1. The van der Waals surface area contributed by atoms with Gasteiger partial charge in [0.15, 0.2) is 0 Å². The van der Waals surface area contributed by atoms with Crippen LogP contribution in [0, 0.1) is 11.8 Å². The molecule has 1 saturated heterocycles. The average Bonchev–Trinajstić information content (AvgIpc) is 3.10. The fourth-order valence-corrected chi connectivity index (χ4v) is 4.14. The maximum atomic E-state index is 12.1. The van der Waals surface area contributed by atoms with Gasteiger partial charge < -0.3 is 5.11 Å². The van der Waals surface area contributed by atoms with Gasteiger partial charge in [-0.3, -0.25) is 0 Å². The number of hydrogen-bond donors (Lipinski definition) is 1. The van der Waals surface area contributed by atoms with Gasteiger partial charge in [0.25, 0.3) is 0 Å². The Labute approximate surface area is 104 Å². The monoisotopic (exact) mass is 261 g/mol. The third kappa shape index (κ3) is 3.66. The van der Waals surface area contributed by atoms with Gasteiger partial charge in [-0.05, 0) is 38.0 Å². The molecular weight excluding hydrogens is 238 g/mol. The minimum absolute atomic E-state index is 0.268. The topological polar surface area (TPSA) is 57.6 Å². The number of piperidine rings is 1. The second-order valence-corrected chi connectivity index (χ2v) is 7.61. The van der Waals surface area contributed by atoms with Crippen molar-refractivity contribution < 1.29 is 13.5 Å². The van der Waals surface area contributed by atoms with Crippen molar-refractivity contribution in [1.29, 1.82) is 0 Å². The summed E-state index contributed by atoms with van der Waals surface area (Å²) in [4.78, 5) is 0. The van der Waals surface area contributed by atoms with Crippen LogP contribution in [0.4, 0.5) is 0 Å². The van der Waals surface area contributed by atoms with Crippen LogP contribution in [0.1, 0.15) is 39.0 Å². The smallest absolute Gasteiger partial charge is 0.214 e. The Bertz CT molecular complexity index is 341. The average molecular weight is 261 g/mol. The van der Waals surface area contributed by atoms with E-state index in [-0.39, 0.29) is 12.0 Å². The fraction of sp³-hybridized carbons (Fsp3) is 1.00. The Morgan fingerprint density at radius 1 is 1.24 bits per heavy atom. The summed E-state index contributed by atoms with van der Waals surface area (Å²) in [5, 5.41) is 9.48. The summed E-state index contributed by atoms with van der Waals surface area (Å²) in [5.41, 5.74) is 0. The minimum Gasteiger partial charge on any atom is -0.393 e. The summed E-state index contributed by atoms with van der Waals surface area (Å²) >= 11 is 0. The molecule has 100 valence electrons. The maximum absolute atomic E-state index is 12.1. The first-order valence-corrected chi connectivity index (χ1v) is 8.26. The van der Waals surface area contributed by atoms with E-state index in [0.717, 1.165) is 19.3 Å². The van der Waals surface area contributed by atoms with E-state index in [2.05, 4.69) is 0 Å². The van der Waals surface area contributed by atoms with E-state index in [0.29, 0.717) is 24.8 Å². The molecule has 2 aliphatic rings. The Balaban J connectivity index is 1.81. The van der Waals surface area contributed by atoms with Crippen LogP contribution in [-0.2, 0) is 10.0 Å². The molecule has 17 heavy (non-hydrogen) atoms. The summed E-state index contributed by atoms with van der Waals surface area (Å²) in [6, 6.07) is 0. The second-order valence-electron chi connectivity index (χ2n) is 5.53.